The number of rotatable bonds is 7. The smallest absolute Gasteiger partial charge is 0.303 e. The topological polar surface area (TPSA) is 96.8 Å². The second kappa shape index (κ2) is 5.88. The minimum Gasteiger partial charge on any atom is -0.481 e. The van der Waals surface area contributed by atoms with Crippen molar-refractivity contribution >= 4 is 11.9 Å². The van der Waals surface area contributed by atoms with Gasteiger partial charge in [-0.1, -0.05) is 0 Å². The Hall–Kier alpha value is -1.82. The van der Waals surface area contributed by atoms with Crippen molar-refractivity contribution in [2.24, 2.45) is 5.73 Å². The fourth-order valence-corrected chi connectivity index (χ4v) is 1.96. The third-order valence-corrected chi connectivity index (χ3v) is 3.16. The van der Waals surface area contributed by atoms with Gasteiger partial charge in [0, 0.05) is 12.5 Å². The fraction of sp³-hybridized carbons (Fsp3) is 0.538. The van der Waals surface area contributed by atoms with Crippen LogP contribution in [0.1, 0.15) is 31.4 Å². The van der Waals surface area contributed by atoms with Crippen molar-refractivity contribution in [1.29, 1.82) is 0 Å². The minimum absolute atomic E-state index is 0.0911. The Balaban J connectivity index is 1.94. The lowest BCUT2D eigenvalue weighted by molar-refractivity contribution is -0.138. The number of carboxylic acids is 1. The first kappa shape index (κ1) is 13.6. The molecule has 1 aromatic heterocycles. The number of carboxylic acid groups (broad SMARTS) is 1. The lowest BCUT2D eigenvalue weighted by Crippen LogP contribution is -2.44. The van der Waals surface area contributed by atoms with E-state index in [2.05, 4.69) is 0 Å². The second-order valence-electron chi connectivity index (χ2n) is 4.82. The number of nitrogens with two attached hydrogens (primary N) is 1. The number of hydrogen-bond donors (Lipinski definition) is 2. The SMILES string of the molecule is NC(CCC(=O)O)C(=O)N(Cc1ccco1)C1CC1. The summed E-state index contributed by atoms with van der Waals surface area (Å²) >= 11 is 0. The molecule has 2 rings (SSSR count). The average Bonchev–Trinajstić information content (AvgIpc) is 3.09. The predicted octanol–water partition coefficient (Wildman–Crippen LogP) is 0.963. The van der Waals surface area contributed by atoms with Gasteiger partial charge in [0.2, 0.25) is 5.91 Å². The Kier molecular flexibility index (Phi) is 4.21. The van der Waals surface area contributed by atoms with E-state index in [1.165, 1.54) is 0 Å². The van der Waals surface area contributed by atoms with Gasteiger partial charge >= 0.3 is 5.97 Å². The maximum absolute atomic E-state index is 12.2. The zero-order valence-electron chi connectivity index (χ0n) is 10.6. The molecule has 0 aliphatic heterocycles. The molecule has 0 radical (unpaired) electrons. The van der Waals surface area contributed by atoms with Crippen LogP contribution in [0.3, 0.4) is 0 Å². The molecule has 1 aliphatic carbocycles. The van der Waals surface area contributed by atoms with E-state index in [0.29, 0.717) is 12.3 Å². The van der Waals surface area contributed by atoms with Gasteiger partial charge in [-0.05, 0) is 31.4 Å². The fourth-order valence-electron chi connectivity index (χ4n) is 1.96. The first-order chi connectivity index (χ1) is 9.08. The first-order valence-corrected chi connectivity index (χ1v) is 6.38. The summed E-state index contributed by atoms with van der Waals surface area (Å²) < 4.78 is 5.24. The Labute approximate surface area is 111 Å². The third kappa shape index (κ3) is 3.82. The first-order valence-electron chi connectivity index (χ1n) is 6.38. The monoisotopic (exact) mass is 266 g/mol. The van der Waals surface area contributed by atoms with E-state index in [1.54, 1.807) is 17.2 Å². The molecule has 1 unspecified atom stereocenters. The normalized spacial score (nSPS) is 16.1. The van der Waals surface area contributed by atoms with Gasteiger partial charge in [0.15, 0.2) is 0 Å². The molecule has 1 aliphatic rings. The van der Waals surface area contributed by atoms with Crippen LogP contribution >= 0.6 is 0 Å². The van der Waals surface area contributed by atoms with Crippen LogP contribution in [0, 0.1) is 0 Å². The number of hydrogen-bond acceptors (Lipinski definition) is 4. The van der Waals surface area contributed by atoms with Crippen LogP contribution in [-0.4, -0.2) is 34.0 Å². The van der Waals surface area contributed by atoms with Gasteiger partial charge in [0.05, 0.1) is 18.8 Å². The summed E-state index contributed by atoms with van der Waals surface area (Å²) in [6.45, 7) is 0.400. The van der Waals surface area contributed by atoms with Crippen molar-refractivity contribution in [1.82, 2.24) is 4.90 Å². The van der Waals surface area contributed by atoms with Crippen LogP contribution in [-0.2, 0) is 16.1 Å². The Morgan fingerprint density at radius 1 is 1.53 bits per heavy atom. The molecular formula is C13H18N2O4. The van der Waals surface area contributed by atoms with Gasteiger partial charge in [-0.25, -0.2) is 0 Å². The molecule has 19 heavy (non-hydrogen) atoms. The van der Waals surface area contributed by atoms with Crippen molar-refractivity contribution in [3.05, 3.63) is 24.2 Å². The number of nitrogens with zero attached hydrogens (tertiary/aromatic N) is 1. The van der Waals surface area contributed by atoms with E-state index in [9.17, 15) is 9.59 Å². The zero-order valence-corrected chi connectivity index (χ0v) is 10.6. The molecule has 0 bridgehead atoms. The summed E-state index contributed by atoms with van der Waals surface area (Å²) in [5.74, 6) is -0.418. The standard InChI is InChI=1S/C13H18N2O4/c14-11(5-6-12(16)17)13(18)15(9-3-4-9)8-10-2-1-7-19-10/h1-2,7,9,11H,3-6,8,14H2,(H,16,17). The molecule has 1 fully saturated rings. The third-order valence-electron chi connectivity index (χ3n) is 3.16. The van der Waals surface area contributed by atoms with Gasteiger partial charge in [0.25, 0.3) is 0 Å². The van der Waals surface area contributed by atoms with E-state index in [4.69, 9.17) is 15.3 Å². The van der Waals surface area contributed by atoms with E-state index in [-0.39, 0.29) is 24.8 Å². The van der Waals surface area contributed by atoms with Crippen molar-refractivity contribution in [2.45, 2.75) is 44.3 Å². The van der Waals surface area contributed by atoms with Gasteiger partial charge in [-0.15, -0.1) is 0 Å². The molecule has 1 heterocycles. The molecule has 1 amide bonds. The Morgan fingerprint density at radius 2 is 2.26 bits per heavy atom. The van der Waals surface area contributed by atoms with Gasteiger partial charge < -0.3 is 20.2 Å². The van der Waals surface area contributed by atoms with E-state index >= 15 is 0 Å². The predicted molar refractivity (Wildman–Crippen MR) is 67.1 cm³/mol. The Bertz CT molecular complexity index is 440. The maximum atomic E-state index is 12.2. The van der Waals surface area contributed by atoms with Crippen molar-refractivity contribution < 1.29 is 19.1 Å². The molecule has 6 heteroatoms. The summed E-state index contributed by atoms with van der Waals surface area (Å²) in [5, 5.41) is 8.62. The highest BCUT2D eigenvalue weighted by atomic mass is 16.4. The highest BCUT2D eigenvalue weighted by molar-refractivity contribution is 5.82. The summed E-state index contributed by atoms with van der Waals surface area (Å²) in [5.41, 5.74) is 5.78. The van der Waals surface area contributed by atoms with Crippen LogP contribution < -0.4 is 5.73 Å². The lowest BCUT2D eigenvalue weighted by atomic mass is 10.1. The van der Waals surface area contributed by atoms with Crippen LogP contribution in [0.5, 0.6) is 0 Å². The summed E-state index contributed by atoms with van der Waals surface area (Å²) in [6.07, 6.45) is 3.58. The minimum atomic E-state index is -0.938. The lowest BCUT2D eigenvalue weighted by Gasteiger charge is -2.24. The van der Waals surface area contributed by atoms with Gasteiger partial charge in [0.1, 0.15) is 5.76 Å². The van der Waals surface area contributed by atoms with Gasteiger partial charge in [-0.3, -0.25) is 9.59 Å². The molecule has 0 saturated heterocycles. The van der Waals surface area contributed by atoms with Crippen molar-refractivity contribution in [3.8, 4) is 0 Å². The number of carbonyl (C=O) groups is 2. The highest BCUT2D eigenvalue weighted by Gasteiger charge is 2.35. The van der Waals surface area contributed by atoms with E-state index in [1.807, 2.05) is 6.07 Å². The van der Waals surface area contributed by atoms with Crippen LogP contribution in [0.25, 0.3) is 0 Å². The van der Waals surface area contributed by atoms with Crippen LogP contribution in [0.15, 0.2) is 22.8 Å². The molecule has 1 atom stereocenters. The molecule has 1 aromatic rings. The number of amides is 1. The van der Waals surface area contributed by atoms with E-state index in [0.717, 1.165) is 12.8 Å². The van der Waals surface area contributed by atoms with E-state index < -0.39 is 12.0 Å². The van der Waals surface area contributed by atoms with Crippen LogP contribution in [0.4, 0.5) is 0 Å². The molecular weight excluding hydrogens is 248 g/mol. The number of carbonyl (C=O) groups excluding carboxylic acids is 1. The average molecular weight is 266 g/mol. The molecule has 3 N–H and O–H groups in total. The summed E-state index contributed by atoms with van der Waals surface area (Å²) in [6, 6.07) is 3.04. The molecule has 1 saturated carbocycles. The quantitative estimate of drug-likeness (QED) is 0.766. The maximum Gasteiger partial charge on any atom is 0.303 e. The van der Waals surface area contributed by atoms with Gasteiger partial charge in [-0.2, -0.15) is 0 Å². The summed E-state index contributed by atoms with van der Waals surface area (Å²) in [7, 11) is 0. The highest BCUT2D eigenvalue weighted by Crippen LogP contribution is 2.29. The Morgan fingerprint density at radius 3 is 2.79 bits per heavy atom. The largest absolute Gasteiger partial charge is 0.481 e. The van der Waals surface area contributed by atoms with Crippen molar-refractivity contribution in [3.63, 3.8) is 0 Å². The molecule has 0 spiro atoms. The molecule has 6 nitrogen and oxygen atoms in total. The number of furan rings is 1. The number of aliphatic carboxylic acids is 1. The van der Waals surface area contributed by atoms with Crippen molar-refractivity contribution in [2.75, 3.05) is 0 Å². The second-order valence-corrected chi connectivity index (χ2v) is 4.82. The molecule has 0 aromatic carbocycles. The summed E-state index contributed by atoms with van der Waals surface area (Å²) in [4.78, 5) is 24.4. The van der Waals surface area contributed by atoms with Crippen LogP contribution in [0.2, 0.25) is 0 Å². The molecule has 104 valence electrons. The zero-order chi connectivity index (χ0) is 13.8.